The van der Waals surface area contributed by atoms with Gasteiger partial charge in [0.15, 0.2) is 11.5 Å². The third-order valence-corrected chi connectivity index (χ3v) is 7.32. The Morgan fingerprint density at radius 2 is 2.00 bits per heavy atom. The monoisotopic (exact) mass is 503 g/mol. The van der Waals surface area contributed by atoms with Crippen molar-refractivity contribution in [1.29, 1.82) is 0 Å². The summed E-state index contributed by atoms with van der Waals surface area (Å²) in [5.41, 5.74) is 6.95. The van der Waals surface area contributed by atoms with Crippen molar-refractivity contribution in [2.75, 3.05) is 31.6 Å². The van der Waals surface area contributed by atoms with Gasteiger partial charge < -0.3 is 14.8 Å². The van der Waals surface area contributed by atoms with Crippen LogP contribution in [0.4, 0.5) is 11.4 Å². The van der Waals surface area contributed by atoms with Gasteiger partial charge in [-0.15, -0.1) is 10.2 Å². The van der Waals surface area contributed by atoms with E-state index < -0.39 is 0 Å². The molecule has 2 aliphatic rings. The highest BCUT2D eigenvalue weighted by Gasteiger charge is 2.27. The quantitative estimate of drug-likeness (QED) is 0.345. The highest BCUT2D eigenvalue weighted by Crippen LogP contribution is 2.40. The zero-order chi connectivity index (χ0) is 23.2. The summed E-state index contributed by atoms with van der Waals surface area (Å²) in [6.45, 7) is 11.0. The number of hydrogen-bond donors (Lipinski definition) is 1. The maximum atomic E-state index is 7.21. The van der Waals surface area contributed by atoms with Crippen LogP contribution in [0.3, 0.4) is 0 Å². The number of benzene rings is 2. The number of fused-ring (bicyclic) bond motifs is 5. The van der Waals surface area contributed by atoms with Crippen molar-refractivity contribution in [3.05, 3.63) is 77.0 Å². The number of rotatable bonds is 4. The average Bonchev–Trinajstić information content (AvgIpc) is 3.58. The predicted octanol–water partition coefficient (Wildman–Crippen LogP) is 5.13. The van der Waals surface area contributed by atoms with Gasteiger partial charge in [-0.3, -0.25) is 4.57 Å². The SMILES string of the molecule is S.[C-]#[N+]c1ccc(-c2cc3n(c2Cl)Cc2cc(N4CC[C@@H](CNC)C4)ccc2-n2cnnc2-3)cc1. The van der Waals surface area contributed by atoms with Gasteiger partial charge in [-0.25, -0.2) is 4.85 Å². The fraction of sp³-hybridized carbons (Fsp3) is 0.269. The number of halogens is 1. The van der Waals surface area contributed by atoms with Gasteiger partial charge in [0.2, 0.25) is 0 Å². The van der Waals surface area contributed by atoms with Gasteiger partial charge in [-0.05, 0) is 61.3 Å². The molecule has 1 fully saturated rings. The summed E-state index contributed by atoms with van der Waals surface area (Å²) in [7, 11) is 2.02. The molecule has 0 aliphatic carbocycles. The first-order chi connectivity index (χ1) is 16.7. The van der Waals surface area contributed by atoms with Crippen molar-refractivity contribution >= 4 is 36.5 Å². The van der Waals surface area contributed by atoms with E-state index >= 15 is 0 Å². The first-order valence-corrected chi connectivity index (χ1v) is 11.8. The van der Waals surface area contributed by atoms with Crippen molar-refractivity contribution in [2.24, 2.45) is 5.92 Å². The van der Waals surface area contributed by atoms with E-state index in [2.05, 4.69) is 54.1 Å². The summed E-state index contributed by atoms with van der Waals surface area (Å²) < 4.78 is 4.16. The van der Waals surface area contributed by atoms with E-state index in [1.165, 1.54) is 17.7 Å². The Hall–Kier alpha value is -3.25. The zero-order valence-electron chi connectivity index (χ0n) is 19.4. The predicted molar refractivity (Wildman–Crippen MR) is 145 cm³/mol. The summed E-state index contributed by atoms with van der Waals surface area (Å²) in [6, 6.07) is 16.3. The lowest BCUT2D eigenvalue weighted by Crippen LogP contribution is -2.24. The lowest BCUT2D eigenvalue weighted by atomic mass is 10.1. The van der Waals surface area contributed by atoms with E-state index in [9.17, 15) is 0 Å². The van der Waals surface area contributed by atoms with Crippen LogP contribution in [0.5, 0.6) is 0 Å². The third kappa shape index (κ3) is 4.00. The summed E-state index contributed by atoms with van der Waals surface area (Å²) in [5, 5.41) is 12.6. The molecule has 0 amide bonds. The topological polar surface area (TPSA) is 55.3 Å². The highest BCUT2D eigenvalue weighted by molar-refractivity contribution is 7.59. The van der Waals surface area contributed by atoms with E-state index in [1.54, 1.807) is 6.33 Å². The van der Waals surface area contributed by atoms with Crippen LogP contribution in [0.25, 0.3) is 33.2 Å². The molecule has 1 saturated heterocycles. The molecule has 0 saturated carbocycles. The molecule has 4 aromatic rings. The molecule has 178 valence electrons. The molecular formula is C26H26ClN7S. The molecular weight excluding hydrogens is 478 g/mol. The molecule has 0 bridgehead atoms. The molecule has 0 spiro atoms. The molecule has 0 radical (unpaired) electrons. The molecule has 2 aliphatic heterocycles. The minimum Gasteiger partial charge on any atom is -0.371 e. The molecule has 1 N–H and O–H groups in total. The number of aromatic nitrogens is 4. The Morgan fingerprint density at radius 1 is 1.17 bits per heavy atom. The van der Waals surface area contributed by atoms with E-state index in [0.29, 0.717) is 23.3 Å². The maximum absolute atomic E-state index is 7.21. The molecule has 7 nitrogen and oxygen atoms in total. The van der Waals surface area contributed by atoms with Crippen molar-refractivity contribution < 1.29 is 0 Å². The fourth-order valence-electron chi connectivity index (χ4n) is 5.19. The van der Waals surface area contributed by atoms with Gasteiger partial charge in [0.1, 0.15) is 11.5 Å². The second-order valence-corrected chi connectivity index (χ2v) is 9.33. The number of nitrogens with zero attached hydrogens (tertiary/aromatic N) is 6. The Kier molecular flexibility index (Phi) is 6.32. The first-order valence-electron chi connectivity index (χ1n) is 11.5. The second kappa shape index (κ2) is 9.42. The average molecular weight is 504 g/mol. The van der Waals surface area contributed by atoms with Crippen LogP contribution in [0.15, 0.2) is 54.9 Å². The largest absolute Gasteiger partial charge is 0.371 e. The Bertz CT molecular complexity index is 1420. The summed E-state index contributed by atoms with van der Waals surface area (Å²) in [5.74, 6) is 1.45. The maximum Gasteiger partial charge on any atom is 0.187 e. The number of nitrogens with one attached hydrogen (secondary N) is 1. The Balaban J connectivity index is 0.00000253. The molecule has 9 heteroatoms. The Labute approximate surface area is 216 Å². The van der Waals surface area contributed by atoms with E-state index in [4.69, 9.17) is 18.2 Å². The van der Waals surface area contributed by atoms with Gasteiger partial charge in [0.25, 0.3) is 0 Å². The molecule has 4 heterocycles. The number of hydrogen-bond acceptors (Lipinski definition) is 4. The van der Waals surface area contributed by atoms with E-state index in [0.717, 1.165) is 48.0 Å². The third-order valence-electron chi connectivity index (χ3n) is 6.91. The lowest BCUT2D eigenvalue weighted by molar-refractivity contribution is 0.549. The van der Waals surface area contributed by atoms with Crippen LogP contribution in [0.1, 0.15) is 12.0 Å². The minimum absolute atomic E-state index is 0. The lowest BCUT2D eigenvalue weighted by Gasteiger charge is -2.21. The normalized spacial score (nSPS) is 16.0. The van der Waals surface area contributed by atoms with Crippen LogP contribution in [-0.2, 0) is 6.54 Å². The summed E-state index contributed by atoms with van der Waals surface area (Å²) >= 11 is 6.97. The van der Waals surface area contributed by atoms with Gasteiger partial charge in [-0.2, -0.15) is 13.5 Å². The molecule has 1 atom stereocenters. The second-order valence-electron chi connectivity index (χ2n) is 8.97. The minimum atomic E-state index is 0. The van der Waals surface area contributed by atoms with Gasteiger partial charge in [0.05, 0.1) is 24.5 Å². The van der Waals surface area contributed by atoms with Crippen LogP contribution in [-0.4, -0.2) is 46.0 Å². The van der Waals surface area contributed by atoms with Crippen molar-refractivity contribution in [3.8, 4) is 28.3 Å². The molecule has 6 rings (SSSR count). The molecule has 35 heavy (non-hydrogen) atoms. The van der Waals surface area contributed by atoms with Crippen LogP contribution < -0.4 is 10.2 Å². The zero-order valence-corrected chi connectivity index (χ0v) is 21.1. The van der Waals surface area contributed by atoms with Crippen molar-refractivity contribution in [3.63, 3.8) is 0 Å². The van der Waals surface area contributed by atoms with E-state index in [-0.39, 0.29) is 13.5 Å². The van der Waals surface area contributed by atoms with E-state index in [1.807, 2.05) is 35.9 Å². The van der Waals surface area contributed by atoms with Gasteiger partial charge in [0, 0.05) is 24.3 Å². The van der Waals surface area contributed by atoms with Crippen molar-refractivity contribution in [1.82, 2.24) is 24.6 Å². The van der Waals surface area contributed by atoms with Crippen LogP contribution >= 0.6 is 25.1 Å². The Morgan fingerprint density at radius 3 is 2.77 bits per heavy atom. The highest BCUT2D eigenvalue weighted by atomic mass is 35.5. The smallest absolute Gasteiger partial charge is 0.187 e. The summed E-state index contributed by atoms with van der Waals surface area (Å²) in [6.07, 6.45) is 2.98. The molecule has 0 unspecified atom stereocenters. The fourth-order valence-corrected chi connectivity index (χ4v) is 5.51. The number of anilines is 1. The summed E-state index contributed by atoms with van der Waals surface area (Å²) in [4.78, 5) is 5.97. The van der Waals surface area contributed by atoms with Gasteiger partial charge in [-0.1, -0.05) is 35.9 Å². The first kappa shape index (κ1) is 23.5. The molecule has 2 aromatic heterocycles. The molecule has 2 aromatic carbocycles. The van der Waals surface area contributed by atoms with Crippen LogP contribution in [0, 0.1) is 12.5 Å². The van der Waals surface area contributed by atoms with Gasteiger partial charge >= 0.3 is 0 Å². The standard InChI is InChI=1S/C26H24ClN7.H2S/c1-28-13-17-9-10-32(14-17)21-7-8-23-19(11-21)15-33-24(26-31-30-16-34(23)26)12-22(25(33)27)18-3-5-20(29-2)6-4-18;/h3-8,11-12,16-17,28H,9-10,13-15H2,1H3;1H2/t17-;/m0./s1. The van der Waals surface area contributed by atoms with Crippen LogP contribution in [0.2, 0.25) is 5.15 Å². The van der Waals surface area contributed by atoms with Crippen molar-refractivity contribution in [2.45, 2.75) is 13.0 Å².